The highest BCUT2D eigenvalue weighted by Gasteiger charge is 2.33. The Morgan fingerprint density at radius 2 is 1.76 bits per heavy atom. The van der Waals surface area contributed by atoms with E-state index in [9.17, 15) is 4.79 Å². The van der Waals surface area contributed by atoms with Crippen molar-refractivity contribution in [3.8, 4) is 5.75 Å². The van der Waals surface area contributed by atoms with E-state index in [0.717, 1.165) is 35.4 Å². The Hall–Kier alpha value is -2.33. The van der Waals surface area contributed by atoms with Gasteiger partial charge in [0.25, 0.3) is 0 Å². The van der Waals surface area contributed by atoms with Crippen LogP contribution in [0.1, 0.15) is 37.8 Å². The van der Waals surface area contributed by atoms with Crippen LogP contribution >= 0.6 is 0 Å². The molecule has 4 heteroatoms. The maximum Gasteiger partial charge on any atom is 0.231 e. The van der Waals surface area contributed by atoms with Crippen LogP contribution in [0.25, 0.3) is 0 Å². The lowest BCUT2D eigenvalue weighted by Gasteiger charge is -2.29. The highest BCUT2D eigenvalue weighted by molar-refractivity contribution is 5.96. The van der Waals surface area contributed by atoms with Gasteiger partial charge in [-0.05, 0) is 49.1 Å². The summed E-state index contributed by atoms with van der Waals surface area (Å²) in [5, 5.41) is 3.07. The summed E-state index contributed by atoms with van der Waals surface area (Å²) in [5.41, 5.74) is 8.26. The van der Waals surface area contributed by atoms with Crippen molar-refractivity contribution in [2.24, 2.45) is 11.1 Å². The van der Waals surface area contributed by atoms with E-state index in [2.05, 4.69) is 5.32 Å². The number of carbonyl (C=O) groups excluding carboxylic acids is 1. The molecule has 2 aromatic rings. The Kier molecular flexibility index (Phi) is 6.59. The van der Waals surface area contributed by atoms with Gasteiger partial charge in [0.15, 0.2) is 0 Å². The summed E-state index contributed by atoms with van der Waals surface area (Å²) >= 11 is 0. The molecule has 2 aromatic carbocycles. The third-order valence-corrected chi connectivity index (χ3v) is 5.06. The van der Waals surface area contributed by atoms with E-state index in [1.807, 2.05) is 69.3 Å². The number of hydrogen-bond acceptors (Lipinski definition) is 3. The molecule has 0 aliphatic rings. The van der Waals surface area contributed by atoms with E-state index in [-0.39, 0.29) is 5.91 Å². The number of amides is 1. The number of rotatable bonds is 8. The molecule has 0 bridgehead atoms. The number of carbonyl (C=O) groups is 1. The molecule has 4 nitrogen and oxygen atoms in total. The molecular formula is C21H28N2O2. The topological polar surface area (TPSA) is 64.4 Å². The predicted octanol–water partition coefficient (Wildman–Crippen LogP) is 4.28. The lowest BCUT2D eigenvalue weighted by molar-refractivity contribution is -0.125. The molecule has 0 aliphatic heterocycles. The molecule has 134 valence electrons. The molecule has 0 fully saturated rings. The SMILES string of the molecule is CCC(CC)(CN)C(=O)Nc1cccc(COc2ccccc2)c1C. The van der Waals surface area contributed by atoms with Crippen LogP contribution in [0, 0.1) is 12.3 Å². The minimum Gasteiger partial charge on any atom is -0.489 e. The van der Waals surface area contributed by atoms with Gasteiger partial charge in [-0.1, -0.05) is 44.2 Å². The molecule has 0 aromatic heterocycles. The summed E-state index contributed by atoms with van der Waals surface area (Å²) in [6.45, 7) is 6.83. The van der Waals surface area contributed by atoms with Crippen molar-refractivity contribution in [2.45, 2.75) is 40.2 Å². The Bertz CT molecular complexity index is 686. The number of hydrogen-bond donors (Lipinski definition) is 2. The molecule has 1 amide bonds. The molecule has 0 saturated heterocycles. The lowest BCUT2D eigenvalue weighted by Crippen LogP contribution is -2.41. The van der Waals surface area contributed by atoms with Crippen molar-refractivity contribution in [3.05, 3.63) is 59.7 Å². The fraction of sp³-hybridized carbons (Fsp3) is 0.381. The summed E-state index contributed by atoms with van der Waals surface area (Å²) in [7, 11) is 0. The van der Waals surface area contributed by atoms with Gasteiger partial charge in [-0.15, -0.1) is 0 Å². The minimum absolute atomic E-state index is 0.00997. The van der Waals surface area contributed by atoms with Crippen LogP contribution in [0.5, 0.6) is 5.75 Å². The average molecular weight is 340 g/mol. The van der Waals surface area contributed by atoms with Crippen molar-refractivity contribution in [3.63, 3.8) is 0 Å². The fourth-order valence-electron chi connectivity index (χ4n) is 2.86. The highest BCUT2D eigenvalue weighted by Crippen LogP contribution is 2.28. The number of para-hydroxylation sites is 1. The number of nitrogens with one attached hydrogen (secondary N) is 1. The summed E-state index contributed by atoms with van der Waals surface area (Å²) in [5.74, 6) is 0.819. The lowest BCUT2D eigenvalue weighted by atomic mass is 9.81. The molecule has 3 N–H and O–H groups in total. The van der Waals surface area contributed by atoms with E-state index in [1.165, 1.54) is 0 Å². The zero-order valence-corrected chi connectivity index (χ0v) is 15.3. The normalized spacial score (nSPS) is 11.2. The molecule has 2 rings (SSSR count). The molecule has 25 heavy (non-hydrogen) atoms. The van der Waals surface area contributed by atoms with E-state index >= 15 is 0 Å². The number of benzene rings is 2. The second-order valence-electron chi connectivity index (χ2n) is 6.34. The van der Waals surface area contributed by atoms with Crippen molar-refractivity contribution in [1.29, 1.82) is 0 Å². The Morgan fingerprint density at radius 3 is 2.36 bits per heavy atom. The van der Waals surface area contributed by atoms with Crippen LogP contribution < -0.4 is 15.8 Å². The highest BCUT2D eigenvalue weighted by atomic mass is 16.5. The first-order chi connectivity index (χ1) is 12.1. The van der Waals surface area contributed by atoms with Gasteiger partial charge in [-0.25, -0.2) is 0 Å². The van der Waals surface area contributed by atoms with Gasteiger partial charge in [0.2, 0.25) is 5.91 Å². The van der Waals surface area contributed by atoms with Gasteiger partial charge < -0.3 is 15.8 Å². The molecule has 0 atom stereocenters. The quantitative estimate of drug-likeness (QED) is 0.754. The van der Waals surface area contributed by atoms with Crippen molar-refractivity contribution < 1.29 is 9.53 Å². The molecule has 0 saturated carbocycles. The van der Waals surface area contributed by atoms with Crippen LogP contribution in [0.15, 0.2) is 48.5 Å². The molecule has 0 unspecified atom stereocenters. The molecule has 0 heterocycles. The Balaban J connectivity index is 2.13. The van der Waals surface area contributed by atoms with Crippen LogP contribution in [-0.4, -0.2) is 12.5 Å². The fourth-order valence-corrected chi connectivity index (χ4v) is 2.86. The van der Waals surface area contributed by atoms with Gasteiger partial charge in [-0.3, -0.25) is 4.79 Å². The first kappa shape index (κ1) is 19.0. The van der Waals surface area contributed by atoms with E-state index < -0.39 is 5.41 Å². The van der Waals surface area contributed by atoms with Gasteiger partial charge in [0, 0.05) is 12.2 Å². The first-order valence-electron chi connectivity index (χ1n) is 8.84. The van der Waals surface area contributed by atoms with Crippen molar-refractivity contribution in [1.82, 2.24) is 0 Å². The number of ether oxygens (including phenoxy) is 1. The molecule has 0 radical (unpaired) electrons. The smallest absolute Gasteiger partial charge is 0.231 e. The molecule has 0 spiro atoms. The van der Waals surface area contributed by atoms with E-state index in [1.54, 1.807) is 0 Å². The van der Waals surface area contributed by atoms with Crippen LogP contribution in [0.3, 0.4) is 0 Å². The number of anilines is 1. The van der Waals surface area contributed by atoms with Gasteiger partial charge >= 0.3 is 0 Å². The molecule has 0 aliphatic carbocycles. The average Bonchev–Trinajstić information content (AvgIpc) is 2.65. The predicted molar refractivity (Wildman–Crippen MR) is 103 cm³/mol. The van der Waals surface area contributed by atoms with E-state index in [0.29, 0.717) is 13.2 Å². The standard InChI is InChI=1S/C21H28N2O2/c1-4-21(5-2,15-22)20(24)23-19-13-9-10-17(16(19)3)14-25-18-11-7-6-8-12-18/h6-13H,4-5,14-15,22H2,1-3H3,(H,23,24). The summed E-state index contributed by atoms with van der Waals surface area (Å²) in [4.78, 5) is 12.7. The van der Waals surface area contributed by atoms with E-state index in [4.69, 9.17) is 10.5 Å². The third kappa shape index (κ3) is 4.40. The third-order valence-electron chi connectivity index (χ3n) is 5.06. The first-order valence-corrected chi connectivity index (χ1v) is 8.84. The zero-order chi connectivity index (χ0) is 18.3. The zero-order valence-electron chi connectivity index (χ0n) is 15.3. The Morgan fingerprint density at radius 1 is 1.08 bits per heavy atom. The summed E-state index contributed by atoms with van der Waals surface area (Å²) in [6.07, 6.45) is 1.45. The molecular weight excluding hydrogens is 312 g/mol. The number of nitrogens with two attached hydrogens (primary N) is 1. The Labute approximate surface area is 150 Å². The summed E-state index contributed by atoms with van der Waals surface area (Å²) in [6, 6.07) is 15.6. The maximum absolute atomic E-state index is 12.7. The maximum atomic E-state index is 12.7. The van der Waals surface area contributed by atoms with Crippen LogP contribution in [0.4, 0.5) is 5.69 Å². The second kappa shape index (κ2) is 8.67. The van der Waals surface area contributed by atoms with Gasteiger partial charge in [0.1, 0.15) is 12.4 Å². The summed E-state index contributed by atoms with van der Waals surface area (Å²) < 4.78 is 5.83. The van der Waals surface area contributed by atoms with Crippen LogP contribution in [0.2, 0.25) is 0 Å². The second-order valence-corrected chi connectivity index (χ2v) is 6.34. The van der Waals surface area contributed by atoms with Crippen molar-refractivity contribution in [2.75, 3.05) is 11.9 Å². The largest absolute Gasteiger partial charge is 0.489 e. The van der Waals surface area contributed by atoms with Crippen molar-refractivity contribution >= 4 is 11.6 Å². The minimum atomic E-state index is -0.511. The van der Waals surface area contributed by atoms with Gasteiger partial charge in [-0.2, -0.15) is 0 Å². The monoisotopic (exact) mass is 340 g/mol. The van der Waals surface area contributed by atoms with Crippen LogP contribution in [-0.2, 0) is 11.4 Å². The van der Waals surface area contributed by atoms with Gasteiger partial charge in [0.05, 0.1) is 5.41 Å².